The Hall–Kier alpha value is -2.38. The molecule has 0 saturated carbocycles. The predicted octanol–water partition coefficient (Wildman–Crippen LogP) is 2.57. The highest BCUT2D eigenvalue weighted by Crippen LogP contribution is 2.22. The third-order valence-electron chi connectivity index (χ3n) is 3.98. The number of benzene rings is 2. The molecule has 0 saturated heterocycles. The molecular formula is C19H25N3O3S. The van der Waals surface area contributed by atoms with Crippen molar-refractivity contribution in [3.05, 3.63) is 59.2 Å². The zero-order valence-electron chi connectivity index (χ0n) is 15.5. The minimum atomic E-state index is -3.73. The number of sulfonamides is 1. The average molecular weight is 375 g/mol. The lowest BCUT2D eigenvalue weighted by atomic mass is 10.1. The Morgan fingerprint density at radius 2 is 1.69 bits per heavy atom. The van der Waals surface area contributed by atoms with E-state index in [0.29, 0.717) is 17.8 Å². The molecule has 2 rings (SSSR count). The molecule has 1 amide bonds. The van der Waals surface area contributed by atoms with Gasteiger partial charge in [0.15, 0.2) is 0 Å². The Morgan fingerprint density at radius 3 is 2.27 bits per heavy atom. The molecule has 2 aromatic carbocycles. The van der Waals surface area contributed by atoms with Crippen LogP contribution in [0.2, 0.25) is 0 Å². The molecule has 0 aliphatic rings. The highest BCUT2D eigenvalue weighted by Gasteiger charge is 2.17. The van der Waals surface area contributed by atoms with Crippen LogP contribution in [0.4, 0.5) is 5.69 Å². The van der Waals surface area contributed by atoms with E-state index in [9.17, 15) is 13.2 Å². The number of carbonyl (C=O) groups is 1. The summed E-state index contributed by atoms with van der Waals surface area (Å²) in [5.41, 5.74) is 8.10. The molecule has 7 heteroatoms. The summed E-state index contributed by atoms with van der Waals surface area (Å²) in [5.74, 6) is -0.296. The van der Waals surface area contributed by atoms with E-state index in [4.69, 9.17) is 5.73 Å². The lowest BCUT2D eigenvalue weighted by Crippen LogP contribution is -2.45. The van der Waals surface area contributed by atoms with E-state index in [2.05, 4.69) is 10.0 Å². The molecule has 0 aromatic heterocycles. The van der Waals surface area contributed by atoms with Gasteiger partial charge in [-0.15, -0.1) is 0 Å². The van der Waals surface area contributed by atoms with Gasteiger partial charge in [-0.25, -0.2) is 8.42 Å². The number of rotatable bonds is 6. The largest absolute Gasteiger partial charge is 0.350 e. The molecule has 6 nitrogen and oxygen atoms in total. The van der Waals surface area contributed by atoms with Crippen molar-refractivity contribution in [2.45, 2.75) is 38.1 Å². The van der Waals surface area contributed by atoms with Crippen molar-refractivity contribution < 1.29 is 13.2 Å². The van der Waals surface area contributed by atoms with Gasteiger partial charge in [0.25, 0.3) is 15.9 Å². The Balaban J connectivity index is 2.16. The van der Waals surface area contributed by atoms with Crippen molar-refractivity contribution in [1.29, 1.82) is 0 Å². The summed E-state index contributed by atoms with van der Waals surface area (Å²) < 4.78 is 27.7. The third-order valence-corrected chi connectivity index (χ3v) is 5.36. The van der Waals surface area contributed by atoms with Crippen LogP contribution in [-0.4, -0.2) is 26.4 Å². The summed E-state index contributed by atoms with van der Waals surface area (Å²) >= 11 is 0. The van der Waals surface area contributed by atoms with E-state index in [-0.39, 0.29) is 10.8 Å². The monoisotopic (exact) mass is 375 g/mol. The van der Waals surface area contributed by atoms with Crippen LogP contribution >= 0.6 is 0 Å². The lowest BCUT2D eigenvalue weighted by Gasteiger charge is -2.19. The third kappa shape index (κ3) is 5.06. The van der Waals surface area contributed by atoms with Crippen LogP contribution in [0.5, 0.6) is 0 Å². The summed E-state index contributed by atoms with van der Waals surface area (Å²) in [6.07, 6.45) is 0. The molecule has 26 heavy (non-hydrogen) atoms. The highest BCUT2D eigenvalue weighted by molar-refractivity contribution is 7.92. The van der Waals surface area contributed by atoms with Crippen molar-refractivity contribution in [3.8, 4) is 0 Å². The van der Waals surface area contributed by atoms with Crippen LogP contribution in [0.3, 0.4) is 0 Å². The SMILES string of the molecule is Cc1cccc(NS(=O)(=O)c2ccc(C(=O)NCC(C)(C)N)cc2)c1C. The first kappa shape index (κ1) is 19.9. The Kier molecular flexibility index (Phi) is 5.73. The van der Waals surface area contributed by atoms with Gasteiger partial charge in [-0.2, -0.15) is 0 Å². The fraction of sp³-hybridized carbons (Fsp3) is 0.316. The fourth-order valence-corrected chi connectivity index (χ4v) is 3.38. The van der Waals surface area contributed by atoms with Gasteiger partial charge in [0, 0.05) is 17.6 Å². The van der Waals surface area contributed by atoms with Crippen LogP contribution in [-0.2, 0) is 10.0 Å². The number of nitrogens with one attached hydrogen (secondary N) is 2. The van der Waals surface area contributed by atoms with E-state index in [1.165, 1.54) is 24.3 Å². The Labute approximate surface area is 154 Å². The van der Waals surface area contributed by atoms with Crippen molar-refractivity contribution >= 4 is 21.6 Å². The molecule has 0 unspecified atom stereocenters. The van der Waals surface area contributed by atoms with Gasteiger partial charge in [-0.05, 0) is 69.2 Å². The summed E-state index contributed by atoms with van der Waals surface area (Å²) in [6, 6.07) is 11.2. The standard InChI is InChI=1S/C19H25N3O3S/c1-13-6-5-7-17(14(13)2)22-26(24,25)16-10-8-15(9-11-16)18(23)21-12-19(3,4)20/h5-11,22H,12,20H2,1-4H3,(H,21,23). The summed E-state index contributed by atoms with van der Waals surface area (Å²) in [6.45, 7) is 7.71. The minimum Gasteiger partial charge on any atom is -0.350 e. The summed E-state index contributed by atoms with van der Waals surface area (Å²) in [5, 5.41) is 2.72. The van der Waals surface area contributed by atoms with Gasteiger partial charge in [0.2, 0.25) is 0 Å². The normalized spacial score (nSPS) is 11.9. The van der Waals surface area contributed by atoms with E-state index < -0.39 is 15.6 Å². The van der Waals surface area contributed by atoms with Crippen LogP contribution in [0, 0.1) is 13.8 Å². The molecule has 0 atom stereocenters. The topological polar surface area (TPSA) is 101 Å². The quantitative estimate of drug-likeness (QED) is 0.722. The van der Waals surface area contributed by atoms with E-state index in [1.54, 1.807) is 12.1 Å². The van der Waals surface area contributed by atoms with Gasteiger partial charge in [-0.3, -0.25) is 9.52 Å². The second-order valence-electron chi connectivity index (χ2n) is 7.05. The number of amides is 1. The Morgan fingerprint density at radius 1 is 1.08 bits per heavy atom. The molecular weight excluding hydrogens is 350 g/mol. The van der Waals surface area contributed by atoms with Gasteiger partial charge < -0.3 is 11.1 Å². The molecule has 0 fully saturated rings. The lowest BCUT2D eigenvalue weighted by molar-refractivity contribution is 0.0946. The number of hydrogen-bond donors (Lipinski definition) is 3. The van der Waals surface area contributed by atoms with E-state index >= 15 is 0 Å². The van der Waals surface area contributed by atoms with Gasteiger partial charge >= 0.3 is 0 Å². The Bertz CT molecular complexity index is 899. The smallest absolute Gasteiger partial charge is 0.261 e. The molecule has 4 N–H and O–H groups in total. The van der Waals surface area contributed by atoms with Gasteiger partial charge in [0.1, 0.15) is 0 Å². The molecule has 0 heterocycles. The number of aryl methyl sites for hydroxylation is 1. The van der Waals surface area contributed by atoms with Gasteiger partial charge in [0.05, 0.1) is 10.6 Å². The van der Waals surface area contributed by atoms with E-state index in [0.717, 1.165) is 11.1 Å². The minimum absolute atomic E-state index is 0.0918. The summed E-state index contributed by atoms with van der Waals surface area (Å²) in [4.78, 5) is 12.2. The van der Waals surface area contributed by atoms with Crippen molar-refractivity contribution in [3.63, 3.8) is 0 Å². The van der Waals surface area contributed by atoms with Gasteiger partial charge in [-0.1, -0.05) is 12.1 Å². The average Bonchev–Trinajstić information content (AvgIpc) is 2.56. The first-order valence-electron chi connectivity index (χ1n) is 8.26. The molecule has 140 valence electrons. The summed E-state index contributed by atoms with van der Waals surface area (Å²) in [7, 11) is -3.73. The molecule has 0 bridgehead atoms. The van der Waals surface area contributed by atoms with Crippen molar-refractivity contribution in [2.24, 2.45) is 5.73 Å². The van der Waals surface area contributed by atoms with E-state index in [1.807, 2.05) is 33.8 Å². The number of nitrogens with two attached hydrogens (primary N) is 1. The van der Waals surface area contributed by atoms with Crippen molar-refractivity contribution in [2.75, 3.05) is 11.3 Å². The zero-order chi connectivity index (χ0) is 19.5. The van der Waals surface area contributed by atoms with Crippen LogP contribution in [0.1, 0.15) is 35.3 Å². The van der Waals surface area contributed by atoms with Crippen LogP contribution in [0.25, 0.3) is 0 Å². The molecule has 0 aliphatic carbocycles. The first-order valence-corrected chi connectivity index (χ1v) is 9.74. The molecule has 0 radical (unpaired) electrons. The second kappa shape index (κ2) is 7.47. The maximum atomic E-state index is 12.6. The number of hydrogen-bond acceptors (Lipinski definition) is 4. The zero-order valence-corrected chi connectivity index (χ0v) is 16.3. The molecule has 0 spiro atoms. The number of carbonyl (C=O) groups excluding carboxylic acids is 1. The molecule has 2 aromatic rings. The van der Waals surface area contributed by atoms with Crippen LogP contribution < -0.4 is 15.8 Å². The first-order chi connectivity index (χ1) is 12.0. The predicted molar refractivity (Wildman–Crippen MR) is 104 cm³/mol. The number of anilines is 1. The van der Waals surface area contributed by atoms with Crippen LogP contribution in [0.15, 0.2) is 47.4 Å². The second-order valence-corrected chi connectivity index (χ2v) is 8.73. The highest BCUT2D eigenvalue weighted by atomic mass is 32.2. The fourth-order valence-electron chi connectivity index (χ4n) is 2.26. The molecule has 0 aliphatic heterocycles. The maximum Gasteiger partial charge on any atom is 0.261 e. The maximum absolute atomic E-state index is 12.6. The van der Waals surface area contributed by atoms with Crippen molar-refractivity contribution in [1.82, 2.24) is 5.32 Å².